The Morgan fingerprint density at radius 2 is 1.09 bits per heavy atom. The number of hydrogen-bond donors (Lipinski definition) is 3. The highest BCUT2D eigenvalue weighted by Gasteiger charge is 2.22. The molecule has 1 atom stereocenters. The number of aliphatic hydroxyl groups excluding tert-OH is 1. The van der Waals surface area contributed by atoms with Gasteiger partial charge < -0.3 is 24.4 Å². The van der Waals surface area contributed by atoms with Gasteiger partial charge in [-0.25, -0.2) is 4.57 Å². The Hall–Kier alpha value is -2.03. The summed E-state index contributed by atoms with van der Waals surface area (Å²) >= 11 is 0. The first-order valence-corrected chi connectivity index (χ1v) is 19.1. The molecule has 0 amide bonds. The lowest BCUT2D eigenvalue weighted by Gasteiger charge is -2.18. The van der Waals surface area contributed by atoms with Gasteiger partial charge in [-0.05, 0) is 57.8 Å². The van der Waals surface area contributed by atoms with Crippen molar-refractivity contribution in [1.82, 2.24) is 0 Å². The van der Waals surface area contributed by atoms with Crippen LogP contribution in [-0.4, -0.2) is 52.8 Å². The van der Waals surface area contributed by atoms with Crippen molar-refractivity contribution in [3.05, 3.63) is 48.6 Å². The van der Waals surface area contributed by atoms with E-state index in [-0.39, 0.29) is 26.1 Å². The first kappa shape index (κ1) is 44.0. The number of unbranched alkanes of at least 4 members (excludes halogenated alkanes) is 13. The predicted octanol–water partition coefficient (Wildman–Crippen LogP) is 8.98. The van der Waals surface area contributed by atoms with E-state index in [1.165, 1.54) is 38.5 Å². The molecule has 3 N–H and O–H groups in total. The van der Waals surface area contributed by atoms with Crippen LogP contribution in [0, 0.1) is 0 Å². The van der Waals surface area contributed by atoms with Gasteiger partial charge in [-0.2, -0.15) is 0 Å². The topological polar surface area (TPSA) is 140 Å². The van der Waals surface area contributed by atoms with Crippen molar-refractivity contribution in [1.29, 1.82) is 0 Å². The maximum atomic E-state index is 12.3. The minimum atomic E-state index is -4.76. The summed E-state index contributed by atoms with van der Waals surface area (Å²) in [6, 6.07) is 0. The van der Waals surface area contributed by atoms with Crippen LogP contribution in [0.5, 0.6) is 0 Å². The summed E-state index contributed by atoms with van der Waals surface area (Å²) in [7, 11) is -4.76. The maximum Gasteiger partial charge on any atom is 0.469 e. The molecule has 0 radical (unpaired) electrons. The zero-order valence-corrected chi connectivity index (χ0v) is 29.3. The van der Waals surface area contributed by atoms with Gasteiger partial charge in [0.1, 0.15) is 6.61 Å². The summed E-state index contributed by atoms with van der Waals surface area (Å²) in [5.41, 5.74) is 0. The molecule has 46 heavy (non-hydrogen) atoms. The lowest BCUT2D eigenvalue weighted by Crippen LogP contribution is -2.29. The molecular formula is C36H63O9P. The summed E-state index contributed by atoms with van der Waals surface area (Å²) in [6.45, 7) is 1.61. The Morgan fingerprint density at radius 3 is 1.63 bits per heavy atom. The third-order valence-electron chi connectivity index (χ3n) is 7.16. The fourth-order valence-corrected chi connectivity index (χ4v) is 4.88. The molecule has 0 bridgehead atoms. The van der Waals surface area contributed by atoms with Gasteiger partial charge in [0.15, 0.2) is 6.10 Å². The number of aliphatic hydroxyl groups is 1. The molecule has 9 nitrogen and oxygen atoms in total. The molecule has 0 unspecified atom stereocenters. The Labute approximate surface area is 278 Å². The Kier molecular flexibility index (Phi) is 31.4. The third kappa shape index (κ3) is 34.8. The molecule has 0 heterocycles. The molecule has 0 saturated carbocycles. The molecule has 0 aromatic heterocycles. The molecular weight excluding hydrogens is 607 g/mol. The molecule has 0 aliphatic rings. The molecule has 10 heteroatoms. The largest absolute Gasteiger partial charge is 0.469 e. The van der Waals surface area contributed by atoms with Gasteiger partial charge in [-0.1, -0.05) is 120 Å². The van der Waals surface area contributed by atoms with Crippen LogP contribution < -0.4 is 0 Å². The molecule has 0 aliphatic carbocycles. The molecule has 0 aliphatic heterocycles. The molecule has 0 fully saturated rings. The SMILES string of the molecule is CCCCCCCCCCCCC(=O)O[C@H](COC(=O)CCC/C=C\C/C=C\C/C=C\C/C=C\CCCCCO)COP(=O)(O)O. The van der Waals surface area contributed by atoms with E-state index < -0.39 is 32.5 Å². The summed E-state index contributed by atoms with van der Waals surface area (Å²) < 4.78 is 26.1. The lowest BCUT2D eigenvalue weighted by molar-refractivity contribution is -0.161. The summed E-state index contributed by atoms with van der Waals surface area (Å²) in [5, 5.41) is 8.75. The quantitative estimate of drug-likeness (QED) is 0.0277. The van der Waals surface area contributed by atoms with Crippen molar-refractivity contribution in [3.8, 4) is 0 Å². The standard InChI is InChI=1S/C36H63O9P/c1-2-3-4-5-6-7-17-21-24-27-30-36(39)45-34(33-44-46(40,41)42)32-43-35(38)29-26-23-20-18-15-13-11-9-8-10-12-14-16-19-22-25-28-31-37/h8,10-11,13-14,16,18,20,34,37H,2-7,9,12,15,17,19,21-33H2,1H3,(H2,40,41,42)/b10-8-,13-11-,16-14-,20-18-/t34-/m1/s1. The van der Waals surface area contributed by atoms with Gasteiger partial charge >= 0.3 is 19.8 Å². The van der Waals surface area contributed by atoms with E-state index in [0.717, 1.165) is 64.2 Å². The van der Waals surface area contributed by atoms with Gasteiger partial charge in [-0.3, -0.25) is 14.1 Å². The Morgan fingerprint density at radius 1 is 0.609 bits per heavy atom. The smallest absolute Gasteiger partial charge is 0.462 e. The second kappa shape index (κ2) is 32.9. The minimum absolute atomic E-state index is 0.181. The zero-order valence-electron chi connectivity index (χ0n) is 28.4. The molecule has 0 saturated heterocycles. The number of esters is 2. The minimum Gasteiger partial charge on any atom is -0.462 e. The number of phosphoric acid groups is 1. The van der Waals surface area contributed by atoms with Crippen LogP contribution in [-0.2, 0) is 28.2 Å². The van der Waals surface area contributed by atoms with Crippen LogP contribution in [0.1, 0.15) is 142 Å². The lowest BCUT2D eigenvalue weighted by atomic mass is 10.1. The third-order valence-corrected chi connectivity index (χ3v) is 7.64. The monoisotopic (exact) mass is 670 g/mol. The second-order valence-corrected chi connectivity index (χ2v) is 12.8. The summed E-state index contributed by atoms with van der Waals surface area (Å²) in [4.78, 5) is 42.5. The van der Waals surface area contributed by atoms with Crippen LogP contribution in [0.15, 0.2) is 48.6 Å². The van der Waals surface area contributed by atoms with Crippen molar-refractivity contribution < 1.29 is 43.0 Å². The van der Waals surface area contributed by atoms with Crippen LogP contribution in [0.25, 0.3) is 0 Å². The van der Waals surface area contributed by atoms with Crippen LogP contribution in [0.4, 0.5) is 0 Å². The number of carbonyl (C=O) groups excluding carboxylic acids is 2. The summed E-state index contributed by atoms with van der Waals surface area (Å²) in [6.07, 6.45) is 35.7. The summed E-state index contributed by atoms with van der Waals surface area (Å²) in [5.74, 6) is -0.969. The van der Waals surface area contributed by atoms with Crippen molar-refractivity contribution >= 4 is 19.8 Å². The molecule has 0 spiro atoms. The number of phosphoric ester groups is 1. The fraction of sp³-hybridized carbons (Fsp3) is 0.722. The number of ether oxygens (including phenoxy) is 2. The van der Waals surface area contributed by atoms with Gasteiger partial charge in [0.05, 0.1) is 6.61 Å². The van der Waals surface area contributed by atoms with Gasteiger partial charge in [0.25, 0.3) is 0 Å². The van der Waals surface area contributed by atoms with Crippen molar-refractivity contribution in [2.75, 3.05) is 19.8 Å². The number of rotatable bonds is 32. The maximum absolute atomic E-state index is 12.3. The molecule has 0 aromatic rings. The van der Waals surface area contributed by atoms with Crippen molar-refractivity contribution in [2.45, 2.75) is 148 Å². The van der Waals surface area contributed by atoms with E-state index in [9.17, 15) is 14.2 Å². The average molecular weight is 671 g/mol. The first-order valence-electron chi connectivity index (χ1n) is 17.5. The van der Waals surface area contributed by atoms with Crippen LogP contribution >= 0.6 is 7.82 Å². The second-order valence-electron chi connectivity index (χ2n) is 11.6. The van der Waals surface area contributed by atoms with Gasteiger partial charge in [0, 0.05) is 19.4 Å². The molecule has 0 rings (SSSR count). The van der Waals surface area contributed by atoms with Crippen LogP contribution in [0.2, 0.25) is 0 Å². The Balaban J connectivity index is 4.08. The van der Waals surface area contributed by atoms with Crippen LogP contribution in [0.3, 0.4) is 0 Å². The number of hydrogen-bond acceptors (Lipinski definition) is 7. The highest BCUT2D eigenvalue weighted by Crippen LogP contribution is 2.35. The Bertz CT molecular complexity index is 892. The predicted molar refractivity (Wildman–Crippen MR) is 185 cm³/mol. The number of carbonyl (C=O) groups is 2. The van der Waals surface area contributed by atoms with E-state index >= 15 is 0 Å². The van der Waals surface area contributed by atoms with Crippen molar-refractivity contribution in [3.63, 3.8) is 0 Å². The van der Waals surface area contributed by atoms with E-state index in [4.69, 9.17) is 24.4 Å². The van der Waals surface area contributed by atoms with Gasteiger partial charge in [-0.15, -0.1) is 0 Å². The van der Waals surface area contributed by atoms with E-state index in [0.29, 0.717) is 19.3 Å². The molecule has 0 aromatic carbocycles. The van der Waals surface area contributed by atoms with E-state index in [1.54, 1.807) is 0 Å². The van der Waals surface area contributed by atoms with E-state index in [1.807, 2.05) is 6.08 Å². The first-order chi connectivity index (χ1) is 22.3. The number of allylic oxidation sites excluding steroid dienone is 8. The van der Waals surface area contributed by atoms with E-state index in [2.05, 4.69) is 54.0 Å². The highest BCUT2D eigenvalue weighted by molar-refractivity contribution is 7.46. The fourth-order valence-electron chi connectivity index (χ4n) is 4.52. The normalized spacial score (nSPS) is 13.0. The zero-order chi connectivity index (χ0) is 34.0. The highest BCUT2D eigenvalue weighted by atomic mass is 31.2. The molecule has 266 valence electrons. The average Bonchev–Trinajstić information content (AvgIpc) is 3.02. The van der Waals surface area contributed by atoms with Gasteiger partial charge in [0.2, 0.25) is 0 Å². The van der Waals surface area contributed by atoms with Crippen molar-refractivity contribution in [2.24, 2.45) is 0 Å².